The van der Waals surface area contributed by atoms with E-state index in [0.717, 1.165) is 61.3 Å². The number of nitrogens with one attached hydrogen (secondary N) is 2. The number of aromatic nitrogens is 1. The van der Waals surface area contributed by atoms with Gasteiger partial charge in [-0.15, -0.1) is 11.3 Å². The van der Waals surface area contributed by atoms with Gasteiger partial charge < -0.3 is 20.4 Å². The summed E-state index contributed by atoms with van der Waals surface area (Å²) < 4.78 is 0.853. The molecule has 3 amide bonds. The minimum atomic E-state index is -1.09. The number of hydrogen-bond acceptors (Lipinski definition) is 7. The minimum Gasteiger partial charge on any atom is -0.352 e. The molecule has 1 aliphatic carbocycles. The first-order valence-electron chi connectivity index (χ1n) is 12.9. The normalized spacial score (nSPS) is 16.9. The average molecular weight is 531 g/mol. The monoisotopic (exact) mass is 530 g/mol. The van der Waals surface area contributed by atoms with Crippen molar-refractivity contribution in [3.05, 3.63) is 53.0 Å². The SMILES string of the molecule is CN1CCN(C(=O)c2ccc(-c3ccc4nc(C(C#N)C(=O)NCC(=O)NC5CCC5)sc4c3)cc2)CC1. The van der Waals surface area contributed by atoms with E-state index in [1.165, 1.54) is 11.3 Å². The molecule has 1 saturated heterocycles. The number of fused-ring (bicyclic) bond motifs is 1. The third-order valence-electron chi connectivity index (χ3n) is 7.19. The number of benzene rings is 2. The molecule has 5 rings (SSSR count). The lowest BCUT2D eigenvalue weighted by Gasteiger charge is -2.32. The third kappa shape index (κ3) is 5.69. The molecule has 0 spiro atoms. The van der Waals surface area contributed by atoms with Crippen LogP contribution in [0.4, 0.5) is 0 Å². The maximum atomic E-state index is 12.8. The second-order valence-corrected chi connectivity index (χ2v) is 10.9. The number of likely N-dealkylation sites (N-methyl/N-ethyl adjacent to an activating group) is 1. The van der Waals surface area contributed by atoms with Crippen molar-refractivity contribution in [3.63, 3.8) is 0 Å². The van der Waals surface area contributed by atoms with Crippen LogP contribution in [0.3, 0.4) is 0 Å². The van der Waals surface area contributed by atoms with E-state index < -0.39 is 11.8 Å². The summed E-state index contributed by atoms with van der Waals surface area (Å²) >= 11 is 1.29. The maximum Gasteiger partial charge on any atom is 0.253 e. The lowest BCUT2D eigenvalue weighted by molar-refractivity contribution is -0.126. The Hall–Kier alpha value is -3.81. The topological polar surface area (TPSA) is 118 Å². The average Bonchev–Trinajstić information content (AvgIpc) is 3.33. The molecule has 1 unspecified atom stereocenters. The molecule has 38 heavy (non-hydrogen) atoms. The van der Waals surface area contributed by atoms with Gasteiger partial charge in [-0.2, -0.15) is 5.26 Å². The van der Waals surface area contributed by atoms with Crippen LogP contribution in [-0.2, 0) is 9.59 Å². The van der Waals surface area contributed by atoms with Crippen molar-refractivity contribution in [2.24, 2.45) is 0 Å². The zero-order chi connectivity index (χ0) is 26.6. The van der Waals surface area contributed by atoms with Crippen LogP contribution in [0.15, 0.2) is 42.5 Å². The van der Waals surface area contributed by atoms with Crippen LogP contribution in [0.1, 0.15) is 40.5 Å². The Labute approximate surface area is 225 Å². The van der Waals surface area contributed by atoms with Crippen molar-refractivity contribution in [1.82, 2.24) is 25.4 Å². The molecule has 2 aromatic carbocycles. The number of thiazole rings is 1. The van der Waals surface area contributed by atoms with E-state index in [4.69, 9.17) is 0 Å². The second kappa shape index (κ2) is 11.3. The Morgan fingerprint density at radius 2 is 1.79 bits per heavy atom. The molecule has 0 radical (unpaired) electrons. The lowest BCUT2D eigenvalue weighted by Crippen LogP contribution is -2.47. The van der Waals surface area contributed by atoms with Crippen LogP contribution in [0.25, 0.3) is 21.3 Å². The van der Waals surface area contributed by atoms with Crippen LogP contribution in [-0.4, -0.2) is 78.3 Å². The quantitative estimate of drug-likeness (QED) is 0.485. The molecular weight excluding hydrogens is 500 g/mol. The molecule has 9 nitrogen and oxygen atoms in total. The van der Waals surface area contributed by atoms with Gasteiger partial charge in [0.25, 0.3) is 5.91 Å². The maximum absolute atomic E-state index is 12.8. The molecule has 1 aromatic heterocycles. The number of amides is 3. The first kappa shape index (κ1) is 25.8. The molecule has 3 aromatic rings. The van der Waals surface area contributed by atoms with Crippen LogP contribution >= 0.6 is 11.3 Å². The summed E-state index contributed by atoms with van der Waals surface area (Å²) in [6.45, 7) is 3.07. The molecule has 10 heteroatoms. The summed E-state index contributed by atoms with van der Waals surface area (Å²) in [5, 5.41) is 15.5. The molecular formula is C28H30N6O3S. The summed E-state index contributed by atoms with van der Waals surface area (Å²) in [5.41, 5.74) is 3.29. The number of hydrogen-bond donors (Lipinski definition) is 2. The van der Waals surface area contributed by atoms with E-state index in [0.29, 0.717) is 16.1 Å². The van der Waals surface area contributed by atoms with E-state index in [-0.39, 0.29) is 24.4 Å². The highest BCUT2D eigenvalue weighted by Gasteiger charge is 2.26. The van der Waals surface area contributed by atoms with Gasteiger partial charge in [-0.3, -0.25) is 14.4 Å². The lowest BCUT2D eigenvalue weighted by atomic mass is 9.93. The zero-order valence-corrected chi connectivity index (χ0v) is 22.1. The molecule has 196 valence electrons. The van der Waals surface area contributed by atoms with Crippen LogP contribution in [0.5, 0.6) is 0 Å². The molecule has 1 saturated carbocycles. The fourth-order valence-corrected chi connectivity index (χ4v) is 5.62. The summed E-state index contributed by atoms with van der Waals surface area (Å²) in [6.07, 6.45) is 3.04. The zero-order valence-electron chi connectivity index (χ0n) is 21.3. The van der Waals surface area contributed by atoms with E-state index >= 15 is 0 Å². The number of rotatable bonds is 7. The Morgan fingerprint density at radius 1 is 1.08 bits per heavy atom. The first-order chi connectivity index (χ1) is 18.4. The molecule has 0 bridgehead atoms. The number of carbonyl (C=O) groups excluding carboxylic acids is 3. The highest BCUT2D eigenvalue weighted by molar-refractivity contribution is 7.18. The highest BCUT2D eigenvalue weighted by atomic mass is 32.1. The van der Waals surface area contributed by atoms with Gasteiger partial charge in [-0.05, 0) is 61.7 Å². The van der Waals surface area contributed by atoms with Gasteiger partial charge in [0.15, 0.2) is 5.92 Å². The summed E-state index contributed by atoms with van der Waals surface area (Å²) in [5.74, 6) is -1.82. The molecule has 1 atom stereocenters. The fraction of sp³-hybridized carbons (Fsp3) is 0.393. The van der Waals surface area contributed by atoms with Crippen LogP contribution in [0.2, 0.25) is 0 Å². The first-order valence-corrected chi connectivity index (χ1v) is 13.7. The van der Waals surface area contributed by atoms with Crippen molar-refractivity contribution in [1.29, 1.82) is 5.26 Å². The van der Waals surface area contributed by atoms with E-state index in [1.807, 2.05) is 53.4 Å². The van der Waals surface area contributed by atoms with Gasteiger partial charge in [-0.25, -0.2) is 4.98 Å². The number of nitrogens with zero attached hydrogens (tertiary/aromatic N) is 4. The molecule has 2 N–H and O–H groups in total. The van der Waals surface area contributed by atoms with Crippen molar-refractivity contribution in [2.45, 2.75) is 31.2 Å². The highest BCUT2D eigenvalue weighted by Crippen LogP contribution is 2.31. The second-order valence-electron chi connectivity index (χ2n) is 9.88. The summed E-state index contributed by atoms with van der Waals surface area (Å²) in [7, 11) is 2.06. The summed E-state index contributed by atoms with van der Waals surface area (Å²) in [4.78, 5) is 46.1. The largest absolute Gasteiger partial charge is 0.352 e. The molecule has 1 aliphatic heterocycles. The fourth-order valence-electron chi connectivity index (χ4n) is 4.57. The van der Waals surface area contributed by atoms with E-state index in [2.05, 4.69) is 27.6 Å². The van der Waals surface area contributed by atoms with Gasteiger partial charge in [-0.1, -0.05) is 18.2 Å². The standard InChI is InChI=1S/C28H30N6O3S/c1-33-11-13-34(14-12-33)28(37)19-7-5-18(6-8-19)20-9-10-23-24(15-20)38-27(32-23)22(16-29)26(36)30-17-25(35)31-21-3-2-4-21/h5-10,15,21-22H,2-4,11-14,17H2,1H3,(H,30,36)(H,31,35). The van der Waals surface area contributed by atoms with Crippen LogP contribution in [0, 0.1) is 11.3 Å². The van der Waals surface area contributed by atoms with Gasteiger partial charge in [0, 0.05) is 37.8 Å². The van der Waals surface area contributed by atoms with Crippen molar-refractivity contribution in [3.8, 4) is 17.2 Å². The van der Waals surface area contributed by atoms with Gasteiger partial charge in [0.2, 0.25) is 11.8 Å². The number of nitriles is 1. The smallest absolute Gasteiger partial charge is 0.253 e. The Bertz CT molecular complexity index is 1380. The number of carbonyl (C=O) groups is 3. The Balaban J connectivity index is 1.25. The minimum absolute atomic E-state index is 0.0496. The van der Waals surface area contributed by atoms with Crippen LogP contribution < -0.4 is 10.6 Å². The van der Waals surface area contributed by atoms with Crippen molar-refractivity contribution in [2.75, 3.05) is 39.8 Å². The third-order valence-corrected chi connectivity index (χ3v) is 8.28. The van der Waals surface area contributed by atoms with Crippen molar-refractivity contribution < 1.29 is 14.4 Å². The van der Waals surface area contributed by atoms with Crippen molar-refractivity contribution >= 4 is 39.3 Å². The predicted molar refractivity (Wildman–Crippen MR) is 146 cm³/mol. The van der Waals surface area contributed by atoms with E-state index in [1.54, 1.807) is 0 Å². The van der Waals surface area contributed by atoms with Gasteiger partial charge in [0.1, 0.15) is 5.01 Å². The molecule has 2 heterocycles. The number of piperazine rings is 1. The Kier molecular flexibility index (Phi) is 7.67. The van der Waals surface area contributed by atoms with E-state index in [9.17, 15) is 19.6 Å². The Morgan fingerprint density at radius 3 is 2.45 bits per heavy atom. The van der Waals surface area contributed by atoms with Gasteiger partial charge in [0.05, 0.1) is 22.8 Å². The summed E-state index contributed by atoms with van der Waals surface area (Å²) in [6, 6.07) is 15.6. The molecule has 2 fully saturated rings. The predicted octanol–water partition coefficient (Wildman–Crippen LogP) is 2.74. The van der Waals surface area contributed by atoms with Gasteiger partial charge >= 0.3 is 0 Å². The molecule has 2 aliphatic rings.